The first-order valence-corrected chi connectivity index (χ1v) is 7.13. The molecule has 2 aromatic rings. The molecular weight excluding hydrogens is 270 g/mol. The van der Waals surface area contributed by atoms with Gasteiger partial charge in [0.05, 0.1) is 6.54 Å². The molecule has 0 aliphatic heterocycles. The molecule has 2 rings (SSSR count). The van der Waals surface area contributed by atoms with Gasteiger partial charge in [0.1, 0.15) is 0 Å². The predicted octanol–water partition coefficient (Wildman–Crippen LogP) is 2.19. The molecule has 0 saturated heterocycles. The van der Waals surface area contributed by atoms with Gasteiger partial charge in [0.2, 0.25) is 5.89 Å². The maximum atomic E-state index is 5.92. The van der Waals surface area contributed by atoms with Crippen LogP contribution in [0.25, 0.3) is 0 Å². The van der Waals surface area contributed by atoms with Crippen molar-refractivity contribution in [3.8, 4) is 0 Å². The molecule has 0 aliphatic rings. The summed E-state index contributed by atoms with van der Waals surface area (Å²) < 4.78 is 5.52. The summed E-state index contributed by atoms with van der Waals surface area (Å²) in [7, 11) is 0. The van der Waals surface area contributed by atoms with Gasteiger partial charge >= 0.3 is 0 Å². The molecule has 0 aliphatic carbocycles. The molecule has 18 heavy (non-hydrogen) atoms. The van der Waals surface area contributed by atoms with E-state index in [1.165, 1.54) is 11.8 Å². The molecule has 1 heterocycles. The second-order valence-corrected chi connectivity index (χ2v) is 5.20. The number of quaternary nitrogens is 1. The van der Waals surface area contributed by atoms with Crippen LogP contribution < -0.4 is 5.73 Å². The molecule has 0 unspecified atom stereocenters. The second-order valence-electron chi connectivity index (χ2n) is 3.84. The van der Waals surface area contributed by atoms with Gasteiger partial charge in [-0.2, -0.15) is 0 Å². The molecule has 3 N–H and O–H groups in total. The first kappa shape index (κ1) is 13.4. The van der Waals surface area contributed by atoms with Crippen molar-refractivity contribution in [2.24, 2.45) is 0 Å². The third kappa shape index (κ3) is 4.01. The Morgan fingerprint density at radius 3 is 3.00 bits per heavy atom. The number of aryl methyl sites for hydroxylation is 1. The summed E-state index contributed by atoms with van der Waals surface area (Å²) in [5, 5.41) is 9.34. The minimum Gasteiger partial charge on any atom is -0.416 e. The number of halogens is 1. The summed E-state index contributed by atoms with van der Waals surface area (Å²) in [6.07, 6.45) is 1.77. The van der Waals surface area contributed by atoms with E-state index >= 15 is 0 Å². The third-order valence-electron chi connectivity index (χ3n) is 2.34. The van der Waals surface area contributed by atoms with Crippen LogP contribution in [0.5, 0.6) is 0 Å². The molecular formula is C12H15ClN3OS+. The maximum Gasteiger partial charge on any atom is 0.276 e. The van der Waals surface area contributed by atoms with Crippen LogP contribution in [0.2, 0.25) is 5.02 Å². The Balaban J connectivity index is 1.88. The van der Waals surface area contributed by atoms with Crippen molar-refractivity contribution < 1.29 is 10.2 Å². The van der Waals surface area contributed by atoms with E-state index in [0.29, 0.717) is 11.1 Å². The molecule has 0 radical (unpaired) electrons. The Hall–Kier alpha value is -1.04. The summed E-state index contributed by atoms with van der Waals surface area (Å²) in [4.78, 5) is 0. The SMILES string of the molecule is [NH3+]CCCc1nnc(SCc2cccc(Cl)c2)o1. The molecule has 6 heteroatoms. The van der Waals surface area contributed by atoms with Crippen molar-refractivity contribution >= 4 is 23.4 Å². The monoisotopic (exact) mass is 284 g/mol. The van der Waals surface area contributed by atoms with Crippen LogP contribution in [0.1, 0.15) is 17.9 Å². The third-order valence-corrected chi connectivity index (χ3v) is 3.46. The number of aromatic nitrogens is 2. The molecule has 0 bridgehead atoms. The van der Waals surface area contributed by atoms with E-state index in [2.05, 4.69) is 15.9 Å². The molecule has 0 saturated carbocycles. The molecule has 0 amide bonds. The highest BCUT2D eigenvalue weighted by Gasteiger charge is 2.07. The first-order chi connectivity index (χ1) is 8.78. The number of benzene rings is 1. The number of hydrogen-bond acceptors (Lipinski definition) is 4. The fraction of sp³-hybridized carbons (Fsp3) is 0.333. The summed E-state index contributed by atoms with van der Waals surface area (Å²) in [6, 6.07) is 7.76. The molecule has 96 valence electrons. The standard InChI is InChI=1S/C12H14ClN3OS/c13-10-4-1-3-9(7-10)8-18-12-16-15-11(17-12)5-2-6-14/h1,3-4,7H,2,5-6,8,14H2/p+1. The van der Waals surface area contributed by atoms with E-state index in [-0.39, 0.29) is 0 Å². The lowest BCUT2D eigenvalue weighted by Gasteiger charge is -1.98. The number of hydrogen-bond donors (Lipinski definition) is 1. The van der Waals surface area contributed by atoms with Gasteiger partial charge in [-0.05, 0) is 17.7 Å². The van der Waals surface area contributed by atoms with E-state index in [1.54, 1.807) is 0 Å². The van der Waals surface area contributed by atoms with Crippen molar-refractivity contribution in [3.05, 3.63) is 40.7 Å². The van der Waals surface area contributed by atoms with Crippen LogP contribution in [0, 0.1) is 0 Å². The molecule has 1 aromatic carbocycles. The lowest BCUT2D eigenvalue weighted by Crippen LogP contribution is -2.50. The van der Waals surface area contributed by atoms with Crippen LogP contribution in [-0.4, -0.2) is 16.7 Å². The average Bonchev–Trinajstić information content (AvgIpc) is 2.82. The molecule has 0 spiro atoms. The Bertz CT molecular complexity index is 504. The quantitative estimate of drug-likeness (QED) is 0.826. The van der Waals surface area contributed by atoms with E-state index in [4.69, 9.17) is 16.0 Å². The molecule has 4 nitrogen and oxygen atoms in total. The molecule has 0 atom stereocenters. The van der Waals surface area contributed by atoms with Gasteiger partial charge in [-0.3, -0.25) is 0 Å². The normalized spacial score (nSPS) is 10.8. The van der Waals surface area contributed by atoms with Gasteiger partial charge < -0.3 is 10.2 Å². The summed E-state index contributed by atoms with van der Waals surface area (Å²) in [5.74, 6) is 1.46. The Morgan fingerprint density at radius 1 is 1.33 bits per heavy atom. The summed E-state index contributed by atoms with van der Waals surface area (Å²) in [5.41, 5.74) is 4.93. The van der Waals surface area contributed by atoms with Crippen molar-refractivity contribution in [1.82, 2.24) is 10.2 Å². The van der Waals surface area contributed by atoms with Crippen LogP contribution in [0.3, 0.4) is 0 Å². The zero-order valence-electron chi connectivity index (χ0n) is 9.93. The predicted molar refractivity (Wildman–Crippen MR) is 71.4 cm³/mol. The van der Waals surface area contributed by atoms with E-state index in [0.717, 1.165) is 35.7 Å². The fourth-order valence-electron chi connectivity index (χ4n) is 1.45. The number of rotatable bonds is 6. The number of thioether (sulfide) groups is 1. The number of nitrogens with zero attached hydrogens (tertiary/aromatic N) is 2. The minimum absolute atomic E-state index is 0.606. The molecule has 1 aromatic heterocycles. The van der Waals surface area contributed by atoms with Gasteiger partial charge in [0.25, 0.3) is 5.22 Å². The van der Waals surface area contributed by atoms with Crippen molar-refractivity contribution in [2.75, 3.05) is 6.54 Å². The highest BCUT2D eigenvalue weighted by atomic mass is 35.5. The lowest BCUT2D eigenvalue weighted by atomic mass is 10.2. The van der Waals surface area contributed by atoms with Crippen LogP contribution in [0.4, 0.5) is 0 Å². The highest BCUT2D eigenvalue weighted by Crippen LogP contribution is 2.23. The maximum absolute atomic E-state index is 5.92. The largest absolute Gasteiger partial charge is 0.416 e. The van der Waals surface area contributed by atoms with Crippen molar-refractivity contribution in [1.29, 1.82) is 0 Å². The van der Waals surface area contributed by atoms with Gasteiger partial charge in [-0.15, -0.1) is 10.2 Å². The van der Waals surface area contributed by atoms with Crippen molar-refractivity contribution in [3.63, 3.8) is 0 Å². The van der Waals surface area contributed by atoms with E-state index in [1.807, 2.05) is 24.3 Å². The zero-order valence-corrected chi connectivity index (χ0v) is 11.5. The lowest BCUT2D eigenvalue weighted by molar-refractivity contribution is -0.368. The van der Waals surface area contributed by atoms with Gasteiger partial charge in [-0.25, -0.2) is 0 Å². The Kier molecular flexibility index (Phi) is 5.04. The van der Waals surface area contributed by atoms with Crippen LogP contribution in [-0.2, 0) is 12.2 Å². The summed E-state index contributed by atoms with van der Waals surface area (Å²) >= 11 is 7.44. The second kappa shape index (κ2) is 6.78. The van der Waals surface area contributed by atoms with E-state index in [9.17, 15) is 0 Å². The van der Waals surface area contributed by atoms with Gasteiger partial charge in [0.15, 0.2) is 0 Å². The average molecular weight is 285 g/mol. The van der Waals surface area contributed by atoms with Gasteiger partial charge in [0, 0.05) is 23.6 Å². The van der Waals surface area contributed by atoms with E-state index < -0.39 is 0 Å². The Morgan fingerprint density at radius 2 is 2.22 bits per heavy atom. The minimum atomic E-state index is 0.606. The smallest absolute Gasteiger partial charge is 0.276 e. The Labute approximate surface area is 115 Å². The zero-order chi connectivity index (χ0) is 12.8. The summed E-state index contributed by atoms with van der Waals surface area (Å²) in [6.45, 7) is 0.882. The van der Waals surface area contributed by atoms with Crippen LogP contribution in [0.15, 0.2) is 33.9 Å². The van der Waals surface area contributed by atoms with Crippen LogP contribution >= 0.6 is 23.4 Å². The topological polar surface area (TPSA) is 66.6 Å². The fourth-order valence-corrected chi connectivity index (χ4v) is 2.38. The highest BCUT2D eigenvalue weighted by molar-refractivity contribution is 7.98. The molecule has 0 fully saturated rings. The van der Waals surface area contributed by atoms with Gasteiger partial charge in [-0.1, -0.05) is 35.5 Å². The van der Waals surface area contributed by atoms with Crippen molar-refractivity contribution in [2.45, 2.75) is 23.8 Å². The first-order valence-electron chi connectivity index (χ1n) is 5.77.